The molecule has 4 heteroatoms. The first kappa shape index (κ1) is 11.9. The summed E-state index contributed by atoms with van der Waals surface area (Å²) in [5, 5.41) is 3.58. The minimum Gasteiger partial charge on any atom is -0.363 e. The summed E-state index contributed by atoms with van der Waals surface area (Å²) in [5.74, 6) is 0.749. The molecule has 3 nitrogen and oxygen atoms in total. The van der Waals surface area contributed by atoms with Crippen LogP contribution in [0.25, 0.3) is 0 Å². The van der Waals surface area contributed by atoms with E-state index in [0.717, 1.165) is 11.5 Å². The van der Waals surface area contributed by atoms with Crippen LogP contribution in [0.4, 0.5) is 5.82 Å². The molecular formula is C13H14ClN3. The Morgan fingerprint density at radius 3 is 2.53 bits per heavy atom. The largest absolute Gasteiger partial charge is 0.363 e. The number of benzene rings is 1. The molecule has 2 rings (SSSR count). The van der Waals surface area contributed by atoms with Gasteiger partial charge in [0, 0.05) is 17.8 Å². The highest BCUT2D eigenvalue weighted by atomic mass is 35.5. The van der Waals surface area contributed by atoms with Gasteiger partial charge in [-0.1, -0.05) is 30.3 Å². The molecule has 1 N–H and O–H groups in total. The molecule has 0 fully saturated rings. The van der Waals surface area contributed by atoms with Crippen LogP contribution in [0.1, 0.15) is 24.2 Å². The van der Waals surface area contributed by atoms with E-state index in [-0.39, 0.29) is 11.3 Å². The van der Waals surface area contributed by atoms with Crippen molar-refractivity contribution in [1.29, 1.82) is 0 Å². The minimum atomic E-state index is 0.182. The average Bonchev–Trinajstić information content (AvgIpc) is 2.28. The lowest BCUT2D eigenvalue weighted by Gasteiger charge is -2.15. The summed E-state index contributed by atoms with van der Waals surface area (Å²) >= 11 is 5.82. The van der Waals surface area contributed by atoms with Crippen LogP contribution in [0, 0.1) is 6.92 Å². The normalized spacial score (nSPS) is 12.2. The van der Waals surface area contributed by atoms with E-state index in [0.29, 0.717) is 0 Å². The monoisotopic (exact) mass is 247 g/mol. The standard InChI is InChI=1S/C13H14ClN3/c1-9-8-12(17-13(14)15-9)16-10(2)11-6-4-3-5-7-11/h3-8,10H,1-2H3,(H,15,16,17). The summed E-state index contributed by atoms with van der Waals surface area (Å²) in [6, 6.07) is 12.3. The molecule has 0 aliphatic carbocycles. The van der Waals surface area contributed by atoms with Crippen molar-refractivity contribution in [3.8, 4) is 0 Å². The van der Waals surface area contributed by atoms with E-state index in [1.165, 1.54) is 5.56 Å². The summed E-state index contributed by atoms with van der Waals surface area (Å²) in [6.45, 7) is 3.98. The van der Waals surface area contributed by atoms with Gasteiger partial charge in [-0.2, -0.15) is 0 Å². The molecular weight excluding hydrogens is 234 g/mol. The zero-order valence-corrected chi connectivity index (χ0v) is 10.6. The Morgan fingerprint density at radius 1 is 1.18 bits per heavy atom. The van der Waals surface area contributed by atoms with Gasteiger partial charge in [0.25, 0.3) is 0 Å². The first-order valence-corrected chi connectivity index (χ1v) is 5.85. The molecule has 0 bridgehead atoms. The van der Waals surface area contributed by atoms with Gasteiger partial charge < -0.3 is 5.32 Å². The number of hydrogen-bond donors (Lipinski definition) is 1. The third kappa shape index (κ3) is 3.17. The maximum Gasteiger partial charge on any atom is 0.224 e. The second kappa shape index (κ2) is 5.15. The molecule has 0 saturated heterocycles. The summed E-state index contributed by atoms with van der Waals surface area (Å²) in [6.07, 6.45) is 0. The molecule has 1 heterocycles. The number of nitrogens with one attached hydrogen (secondary N) is 1. The van der Waals surface area contributed by atoms with Gasteiger partial charge in [-0.15, -0.1) is 0 Å². The molecule has 0 aliphatic rings. The van der Waals surface area contributed by atoms with Gasteiger partial charge in [0.2, 0.25) is 5.28 Å². The van der Waals surface area contributed by atoms with Crippen LogP contribution in [-0.2, 0) is 0 Å². The first-order valence-electron chi connectivity index (χ1n) is 5.48. The number of rotatable bonds is 3. The lowest BCUT2D eigenvalue weighted by molar-refractivity contribution is 0.870. The predicted octanol–water partition coefficient (Wildman–Crippen LogP) is 3.61. The maximum absolute atomic E-state index is 5.82. The van der Waals surface area contributed by atoms with Crippen molar-refractivity contribution in [3.63, 3.8) is 0 Å². The Morgan fingerprint density at radius 2 is 1.88 bits per heavy atom. The molecule has 0 aliphatic heterocycles. The van der Waals surface area contributed by atoms with Crippen LogP contribution in [0.3, 0.4) is 0 Å². The predicted molar refractivity (Wildman–Crippen MR) is 70.3 cm³/mol. The molecule has 88 valence electrons. The van der Waals surface area contributed by atoms with Crippen molar-refractivity contribution in [1.82, 2.24) is 9.97 Å². The second-order valence-corrected chi connectivity index (χ2v) is 4.28. The molecule has 1 aromatic carbocycles. The van der Waals surface area contributed by atoms with Gasteiger partial charge in [0.1, 0.15) is 5.82 Å². The fourth-order valence-corrected chi connectivity index (χ4v) is 1.88. The lowest BCUT2D eigenvalue weighted by Crippen LogP contribution is -2.08. The van der Waals surface area contributed by atoms with Gasteiger partial charge in [-0.25, -0.2) is 9.97 Å². The molecule has 0 amide bonds. The summed E-state index contributed by atoms with van der Waals surface area (Å²) in [7, 11) is 0. The van der Waals surface area contributed by atoms with E-state index in [1.807, 2.05) is 31.2 Å². The van der Waals surface area contributed by atoms with Crippen LogP contribution in [0.5, 0.6) is 0 Å². The third-order valence-electron chi connectivity index (χ3n) is 2.49. The van der Waals surface area contributed by atoms with Gasteiger partial charge in [0.05, 0.1) is 0 Å². The fourth-order valence-electron chi connectivity index (χ4n) is 1.65. The van der Waals surface area contributed by atoms with Gasteiger partial charge in [0.15, 0.2) is 0 Å². The molecule has 1 aromatic heterocycles. The molecule has 0 spiro atoms. The first-order chi connectivity index (χ1) is 8.15. The zero-order chi connectivity index (χ0) is 12.3. The topological polar surface area (TPSA) is 37.8 Å². The number of aryl methyl sites for hydroxylation is 1. The average molecular weight is 248 g/mol. The highest BCUT2D eigenvalue weighted by molar-refractivity contribution is 6.28. The van der Waals surface area contributed by atoms with Crippen molar-refractivity contribution in [2.75, 3.05) is 5.32 Å². The van der Waals surface area contributed by atoms with E-state index in [4.69, 9.17) is 11.6 Å². The SMILES string of the molecule is Cc1cc(NC(C)c2ccccc2)nc(Cl)n1. The van der Waals surface area contributed by atoms with Crippen molar-refractivity contribution in [2.45, 2.75) is 19.9 Å². The number of anilines is 1. The smallest absolute Gasteiger partial charge is 0.224 e. The van der Waals surface area contributed by atoms with Crippen molar-refractivity contribution < 1.29 is 0 Å². The Balaban J connectivity index is 2.16. The van der Waals surface area contributed by atoms with E-state index in [9.17, 15) is 0 Å². The van der Waals surface area contributed by atoms with Crippen molar-refractivity contribution >= 4 is 17.4 Å². The molecule has 0 radical (unpaired) electrons. The maximum atomic E-state index is 5.82. The van der Waals surface area contributed by atoms with E-state index in [1.54, 1.807) is 0 Å². The number of nitrogens with zero attached hydrogens (tertiary/aromatic N) is 2. The van der Waals surface area contributed by atoms with E-state index >= 15 is 0 Å². The summed E-state index contributed by atoms with van der Waals surface area (Å²) < 4.78 is 0. The summed E-state index contributed by atoms with van der Waals surface area (Å²) in [5.41, 5.74) is 2.06. The third-order valence-corrected chi connectivity index (χ3v) is 2.66. The second-order valence-electron chi connectivity index (χ2n) is 3.94. The number of halogens is 1. The molecule has 17 heavy (non-hydrogen) atoms. The molecule has 2 aromatic rings. The highest BCUT2D eigenvalue weighted by Gasteiger charge is 2.06. The fraction of sp³-hybridized carbons (Fsp3) is 0.231. The minimum absolute atomic E-state index is 0.182. The van der Waals surface area contributed by atoms with Crippen LogP contribution < -0.4 is 5.32 Å². The number of hydrogen-bond acceptors (Lipinski definition) is 3. The Hall–Kier alpha value is -1.61. The van der Waals surface area contributed by atoms with E-state index < -0.39 is 0 Å². The van der Waals surface area contributed by atoms with Crippen LogP contribution in [-0.4, -0.2) is 9.97 Å². The van der Waals surface area contributed by atoms with Gasteiger partial charge in [-0.05, 0) is 31.0 Å². The Labute approximate surface area is 106 Å². The van der Waals surface area contributed by atoms with Gasteiger partial charge in [-0.3, -0.25) is 0 Å². The van der Waals surface area contributed by atoms with Crippen molar-refractivity contribution in [2.24, 2.45) is 0 Å². The zero-order valence-electron chi connectivity index (χ0n) is 9.81. The van der Waals surface area contributed by atoms with Gasteiger partial charge >= 0.3 is 0 Å². The van der Waals surface area contributed by atoms with E-state index in [2.05, 4.69) is 34.3 Å². The van der Waals surface area contributed by atoms with Crippen LogP contribution in [0.15, 0.2) is 36.4 Å². The van der Waals surface area contributed by atoms with Crippen LogP contribution >= 0.6 is 11.6 Å². The molecule has 0 saturated carbocycles. The summed E-state index contributed by atoms with van der Waals surface area (Å²) in [4.78, 5) is 8.17. The Bertz CT molecular complexity index is 479. The van der Waals surface area contributed by atoms with Crippen molar-refractivity contribution in [3.05, 3.63) is 52.9 Å². The van der Waals surface area contributed by atoms with Crippen LogP contribution in [0.2, 0.25) is 5.28 Å². The highest BCUT2D eigenvalue weighted by Crippen LogP contribution is 2.18. The number of aromatic nitrogens is 2. The molecule has 1 unspecified atom stereocenters. The quantitative estimate of drug-likeness (QED) is 0.842. The Kier molecular flexibility index (Phi) is 3.59. The lowest BCUT2D eigenvalue weighted by atomic mass is 10.1. The molecule has 1 atom stereocenters.